The van der Waals surface area contributed by atoms with Gasteiger partial charge in [-0.15, -0.1) is 0 Å². The first-order chi connectivity index (χ1) is 18.7. The largest absolute Gasteiger partial charge is 0.354 e. The number of unbranched alkanes of at least 4 members (excludes halogenated alkanes) is 1. The summed E-state index contributed by atoms with van der Waals surface area (Å²) >= 11 is 0. The van der Waals surface area contributed by atoms with E-state index in [1.54, 1.807) is 55.5 Å². The number of halogens is 1. The highest BCUT2D eigenvalue weighted by atomic mass is 32.2. The van der Waals surface area contributed by atoms with Crippen LogP contribution in [0.25, 0.3) is 0 Å². The van der Waals surface area contributed by atoms with Crippen molar-refractivity contribution in [3.05, 3.63) is 95.8 Å². The molecule has 208 valence electrons. The zero-order valence-corrected chi connectivity index (χ0v) is 23.5. The maximum atomic E-state index is 14.6. The van der Waals surface area contributed by atoms with Gasteiger partial charge in [-0.3, -0.25) is 13.9 Å². The lowest BCUT2D eigenvalue weighted by Crippen LogP contribution is -2.51. The van der Waals surface area contributed by atoms with Gasteiger partial charge in [-0.05, 0) is 55.7 Å². The Bertz CT molecular complexity index is 1350. The SMILES string of the molecule is CCCCNC(=O)[C@H](C)N(Cc1ccccc1F)C(=O)CN(c1ccc(CC)cc1)S(=O)(=O)c1ccccc1. The van der Waals surface area contributed by atoms with Gasteiger partial charge in [0.2, 0.25) is 11.8 Å². The van der Waals surface area contributed by atoms with Crippen LogP contribution in [0.1, 0.15) is 44.7 Å². The quantitative estimate of drug-likeness (QED) is 0.305. The summed E-state index contributed by atoms with van der Waals surface area (Å²) in [5, 5.41) is 2.81. The molecule has 39 heavy (non-hydrogen) atoms. The number of sulfonamides is 1. The fourth-order valence-corrected chi connectivity index (χ4v) is 5.51. The van der Waals surface area contributed by atoms with E-state index in [0.717, 1.165) is 29.1 Å². The van der Waals surface area contributed by atoms with Crippen LogP contribution in [0.3, 0.4) is 0 Å². The molecule has 1 N–H and O–H groups in total. The third-order valence-electron chi connectivity index (χ3n) is 6.54. The molecule has 3 aromatic rings. The number of hydrogen-bond donors (Lipinski definition) is 1. The Labute approximate surface area is 230 Å². The molecule has 0 aliphatic rings. The normalized spacial score (nSPS) is 12.0. The van der Waals surface area contributed by atoms with E-state index in [4.69, 9.17) is 0 Å². The van der Waals surface area contributed by atoms with Crippen molar-refractivity contribution < 1.29 is 22.4 Å². The molecule has 0 saturated carbocycles. The van der Waals surface area contributed by atoms with Crippen LogP contribution in [-0.2, 0) is 32.6 Å². The lowest BCUT2D eigenvalue weighted by atomic mass is 10.1. The summed E-state index contributed by atoms with van der Waals surface area (Å²) in [5.74, 6) is -1.54. The lowest BCUT2D eigenvalue weighted by molar-refractivity contribution is -0.139. The lowest BCUT2D eigenvalue weighted by Gasteiger charge is -2.32. The summed E-state index contributed by atoms with van der Waals surface area (Å²) in [4.78, 5) is 28.1. The molecule has 2 amide bonds. The van der Waals surface area contributed by atoms with Gasteiger partial charge in [0.25, 0.3) is 10.0 Å². The maximum absolute atomic E-state index is 14.6. The first kappa shape index (κ1) is 29.8. The Kier molecular flexibility index (Phi) is 10.6. The number of rotatable bonds is 13. The molecule has 7 nitrogen and oxygen atoms in total. The van der Waals surface area contributed by atoms with Gasteiger partial charge in [-0.2, -0.15) is 0 Å². The van der Waals surface area contributed by atoms with Gasteiger partial charge in [-0.1, -0.05) is 68.8 Å². The van der Waals surface area contributed by atoms with Gasteiger partial charge in [0.15, 0.2) is 0 Å². The van der Waals surface area contributed by atoms with Crippen molar-refractivity contribution in [3.63, 3.8) is 0 Å². The van der Waals surface area contributed by atoms with E-state index in [9.17, 15) is 22.4 Å². The highest BCUT2D eigenvalue weighted by molar-refractivity contribution is 7.92. The van der Waals surface area contributed by atoms with E-state index in [1.807, 2.05) is 26.0 Å². The fourth-order valence-electron chi connectivity index (χ4n) is 4.08. The van der Waals surface area contributed by atoms with Gasteiger partial charge in [0, 0.05) is 18.7 Å². The van der Waals surface area contributed by atoms with Crippen LogP contribution in [-0.4, -0.2) is 44.3 Å². The van der Waals surface area contributed by atoms with Crippen molar-refractivity contribution in [1.82, 2.24) is 10.2 Å². The molecule has 0 bridgehead atoms. The molecular formula is C30H36FN3O4S. The van der Waals surface area contributed by atoms with Crippen LogP contribution in [0.2, 0.25) is 0 Å². The predicted molar refractivity (Wildman–Crippen MR) is 151 cm³/mol. The van der Waals surface area contributed by atoms with Crippen LogP contribution in [0.5, 0.6) is 0 Å². The first-order valence-corrected chi connectivity index (χ1v) is 14.6. The maximum Gasteiger partial charge on any atom is 0.264 e. The number of hydrogen-bond acceptors (Lipinski definition) is 4. The number of anilines is 1. The average Bonchev–Trinajstić information content (AvgIpc) is 2.95. The Morgan fingerprint density at radius 2 is 1.56 bits per heavy atom. The number of aryl methyl sites for hydroxylation is 1. The fraction of sp³-hybridized carbons (Fsp3) is 0.333. The van der Waals surface area contributed by atoms with E-state index in [1.165, 1.54) is 23.1 Å². The average molecular weight is 554 g/mol. The van der Waals surface area contributed by atoms with Crippen molar-refractivity contribution in [2.45, 2.75) is 57.5 Å². The number of nitrogens with one attached hydrogen (secondary N) is 1. The van der Waals surface area contributed by atoms with Crippen molar-refractivity contribution >= 4 is 27.5 Å². The van der Waals surface area contributed by atoms with E-state index >= 15 is 0 Å². The summed E-state index contributed by atoms with van der Waals surface area (Å²) in [6, 6.07) is 19.9. The van der Waals surface area contributed by atoms with E-state index < -0.39 is 40.2 Å². The molecule has 0 fully saturated rings. The Hall–Kier alpha value is -3.72. The summed E-state index contributed by atoms with van der Waals surface area (Å²) in [7, 11) is -4.14. The summed E-state index contributed by atoms with van der Waals surface area (Å²) in [6.07, 6.45) is 2.43. The van der Waals surface area contributed by atoms with Gasteiger partial charge in [-0.25, -0.2) is 12.8 Å². The monoisotopic (exact) mass is 553 g/mol. The van der Waals surface area contributed by atoms with Gasteiger partial charge in [0.05, 0.1) is 10.6 Å². The van der Waals surface area contributed by atoms with Crippen molar-refractivity contribution in [3.8, 4) is 0 Å². The number of benzene rings is 3. The second-order valence-corrected chi connectivity index (χ2v) is 11.1. The molecule has 0 aliphatic carbocycles. The Balaban J connectivity index is 2.00. The van der Waals surface area contributed by atoms with Crippen LogP contribution >= 0.6 is 0 Å². The van der Waals surface area contributed by atoms with Gasteiger partial charge < -0.3 is 10.2 Å². The number of amides is 2. The molecule has 3 rings (SSSR count). The van der Waals surface area contributed by atoms with Crippen molar-refractivity contribution in [2.75, 3.05) is 17.4 Å². The Morgan fingerprint density at radius 1 is 0.923 bits per heavy atom. The second-order valence-electron chi connectivity index (χ2n) is 9.28. The molecular weight excluding hydrogens is 517 g/mol. The molecule has 0 aromatic heterocycles. The van der Waals surface area contributed by atoms with Crippen molar-refractivity contribution in [2.24, 2.45) is 0 Å². The van der Waals surface area contributed by atoms with E-state index in [-0.39, 0.29) is 17.0 Å². The molecule has 0 saturated heterocycles. The van der Waals surface area contributed by atoms with Crippen LogP contribution in [0.4, 0.5) is 10.1 Å². The van der Waals surface area contributed by atoms with E-state index in [2.05, 4.69) is 5.32 Å². The molecule has 0 spiro atoms. The number of nitrogens with zero attached hydrogens (tertiary/aromatic N) is 2. The van der Waals surface area contributed by atoms with Crippen LogP contribution in [0.15, 0.2) is 83.8 Å². The third-order valence-corrected chi connectivity index (χ3v) is 8.33. The molecule has 0 aliphatic heterocycles. The minimum absolute atomic E-state index is 0.0309. The van der Waals surface area contributed by atoms with E-state index in [0.29, 0.717) is 12.2 Å². The molecule has 1 atom stereocenters. The first-order valence-electron chi connectivity index (χ1n) is 13.2. The number of carbonyl (C=O) groups is 2. The standard InChI is InChI=1S/C30H36FN3O4S/c1-4-6-20-32-30(36)23(3)33(21-25-12-10-11-15-28(25)31)29(35)22-34(26-18-16-24(5-2)17-19-26)39(37,38)27-13-8-7-9-14-27/h7-19,23H,4-6,20-22H2,1-3H3,(H,32,36)/t23-/m0/s1. The van der Waals surface area contributed by atoms with Crippen molar-refractivity contribution in [1.29, 1.82) is 0 Å². The predicted octanol–water partition coefficient (Wildman–Crippen LogP) is 4.92. The zero-order valence-electron chi connectivity index (χ0n) is 22.6. The zero-order chi connectivity index (χ0) is 28.4. The van der Waals surface area contributed by atoms with Gasteiger partial charge in [0.1, 0.15) is 18.4 Å². The van der Waals surface area contributed by atoms with Crippen LogP contribution < -0.4 is 9.62 Å². The summed E-state index contributed by atoms with van der Waals surface area (Å²) in [6.45, 7) is 5.24. The topological polar surface area (TPSA) is 86.8 Å². The molecule has 9 heteroatoms. The minimum atomic E-state index is -4.14. The summed E-state index contributed by atoms with van der Waals surface area (Å²) in [5.41, 5.74) is 1.56. The highest BCUT2D eigenvalue weighted by Crippen LogP contribution is 2.25. The smallest absolute Gasteiger partial charge is 0.264 e. The summed E-state index contributed by atoms with van der Waals surface area (Å²) < 4.78 is 43.1. The highest BCUT2D eigenvalue weighted by Gasteiger charge is 2.32. The van der Waals surface area contributed by atoms with Crippen LogP contribution in [0, 0.1) is 5.82 Å². The molecule has 0 unspecified atom stereocenters. The second kappa shape index (κ2) is 13.9. The Morgan fingerprint density at radius 3 is 2.18 bits per heavy atom. The number of carbonyl (C=O) groups excluding carboxylic acids is 2. The van der Waals surface area contributed by atoms with Gasteiger partial charge >= 0.3 is 0 Å². The third kappa shape index (κ3) is 7.66. The molecule has 0 radical (unpaired) electrons. The molecule has 3 aromatic carbocycles. The minimum Gasteiger partial charge on any atom is -0.354 e. The molecule has 0 heterocycles.